The Morgan fingerprint density at radius 1 is 1.36 bits per heavy atom. The van der Waals surface area contributed by atoms with Crippen molar-refractivity contribution in [1.82, 2.24) is 19.5 Å². The van der Waals surface area contributed by atoms with Gasteiger partial charge in [0.2, 0.25) is 15.9 Å². The summed E-state index contributed by atoms with van der Waals surface area (Å²) < 4.78 is 26.5. The summed E-state index contributed by atoms with van der Waals surface area (Å²) in [6.45, 7) is 4.24. The zero-order valence-electron chi connectivity index (χ0n) is 13.7. The van der Waals surface area contributed by atoms with Gasteiger partial charge in [0, 0.05) is 13.1 Å². The predicted molar refractivity (Wildman–Crippen MR) is 97.3 cm³/mol. The van der Waals surface area contributed by atoms with Crippen LogP contribution in [0.4, 0.5) is 5.69 Å². The highest BCUT2D eigenvalue weighted by atomic mass is 35.5. The van der Waals surface area contributed by atoms with E-state index in [1.54, 1.807) is 13.8 Å². The van der Waals surface area contributed by atoms with Gasteiger partial charge >= 0.3 is 0 Å². The second-order valence-electron chi connectivity index (χ2n) is 4.86. The molecule has 2 rings (SSSR count). The minimum Gasteiger partial charge on any atom is -0.324 e. The number of thioether (sulfide) groups is 1. The van der Waals surface area contributed by atoms with Crippen LogP contribution in [0.5, 0.6) is 0 Å². The number of benzene rings is 1. The number of carbonyl (C=O) groups is 1. The first-order valence-corrected chi connectivity index (χ1v) is 10.3. The monoisotopic (exact) mass is 403 g/mol. The van der Waals surface area contributed by atoms with Gasteiger partial charge in [0.25, 0.3) is 0 Å². The molecule has 8 nitrogen and oxygen atoms in total. The van der Waals surface area contributed by atoms with Crippen molar-refractivity contribution in [3.05, 3.63) is 29.5 Å². The molecule has 11 heteroatoms. The molecule has 2 N–H and O–H groups in total. The van der Waals surface area contributed by atoms with Gasteiger partial charge in [-0.1, -0.05) is 37.2 Å². The van der Waals surface area contributed by atoms with Crippen molar-refractivity contribution in [2.45, 2.75) is 23.9 Å². The van der Waals surface area contributed by atoms with Crippen LogP contribution in [0, 0.1) is 0 Å². The van der Waals surface area contributed by atoms with E-state index in [-0.39, 0.29) is 27.3 Å². The minimum absolute atomic E-state index is 0.0819. The fourth-order valence-corrected chi connectivity index (χ4v) is 4.29. The van der Waals surface area contributed by atoms with Gasteiger partial charge in [-0.3, -0.25) is 9.89 Å². The van der Waals surface area contributed by atoms with E-state index in [9.17, 15) is 13.2 Å². The topological polar surface area (TPSA) is 108 Å². The Morgan fingerprint density at radius 3 is 2.68 bits per heavy atom. The summed E-state index contributed by atoms with van der Waals surface area (Å²) in [6.07, 6.45) is 1.35. The molecule has 1 heterocycles. The molecule has 1 aromatic carbocycles. The molecule has 0 fully saturated rings. The van der Waals surface area contributed by atoms with E-state index >= 15 is 0 Å². The maximum atomic E-state index is 12.6. The summed E-state index contributed by atoms with van der Waals surface area (Å²) in [5, 5.41) is 9.72. The highest BCUT2D eigenvalue weighted by molar-refractivity contribution is 7.99. The Labute approximate surface area is 155 Å². The van der Waals surface area contributed by atoms with Gasteiger partial charge in [-0.15, -0.1) is 0 Å². The van der Waals surface area contributed by atoms with Crippen molar-refractivity contribution in [1.29, 1.82) is 0 Å². The number of amides is 1. The molecule has 0 saturated heterocycles. The predicted octanol–water partition coefficient (Wildman–Crippen LogP) is 2.22. The number of aromatic nitrogens is 3. The molecule has 1 aromatic heterocycles. The Bertz CT molecular complexity index is 823. The minimum atomic E-state index is -3.63. The zero-order chi connectivity index (χ0) is 18.4. The number of halogens is 1. The van der Waals surface area contributed by atoms with Gasteiger partial charge in [-0.05, 0) is 18.2 Å². The van der Waals surface area contributed by atoms with Crippen molar-refractivity contribution in [2.24, 2.45) is 0 Å². The third-order valence-corrected chi connectivity index (χ3v) is 6.54. The lowest BCUT2D eigenvalue weighted by Gasteiger charge is -2.19. The average Bonchev–Trinajstić information content (AvgIpc) is 3.09. The molecular weight excluding hydrogens is 386 g/mol. The number of aromatic amines is 1. The number of nitrogens with zero attached hydrogens (tertiary/aromatic N) is 3. The van der Waals surface area contributed by atoms with Crippen molar-refractivity contribution >= 4 is 45.0 Å². The van der Waals surface area contributed by atoms with Crippen molar-refractivity contribution in [3.63, 3.8) is 0 Å². The first-order chi connectivity index (χ1) is 11.9. The number of anilines is 1. The molecule has 0 aliphatic carbocycles. The lowest BCUT2D eigenvalue weighted by atomic mass is 10.3. The molecule has 2 aromatic rings. The maximum absolute atomic E-state index is 12.6. The first kappa shape index (κ1) is 19.7. The summed E-state index contributed by atoms with van der Waals surface area (Å²) in [7, 11) is -3.63. The second-order valence-corrected chi connectivity index (χ2v) is 8.17. The van der Waals surface area contributed by atoms with Gasteiger partial charge < -0.3 is 5.32 Å². The molecule has 0 bridgehead atoms. The summed E-state index contributed by atoms with van der Waals surface area (Å²) in [5.41, 5.74) is 0.248. The number of H-pyrrole nitrogens is 1. The van der Waals surface area contributed by atoms with E-state index < -0.39 is 10.0 Å². The van der Waals surface area contributed by atoms with Crippen molar-refractivity contribution < 1.29 is 13.2 Å². The largest absolute Gasteiger partial charge is 0.324 e. The Kier molecular flexibility index (Phi) is 6.82. The van der Waals surface area contributed by atoms with Crippen LogP contribution in [0.3, 0.4) is 0 Å². The second kappa shape index (κ2) is 8.65. The zero-order valence-corrected chi connectivity index (χ0v) is 16.1. The van der Waals surface area contributed by atoms with Crippen LogP contribution in [-0.2, 0) is 14.8 Å². The normalized spacial score (nSPS) is 11.7. The molecule has 1 amide bonds. The molecule has 0 aliphatic heterocycles. The summed E-state index contributed by atoms with van der Waals surface area (Å²) >= 11 is 7.25. The molecule has 0 radical (unpaired) electrons. The lowest BCUT2D eigenvalue weighted by molar-refractivity contribution is -0.113. The third kappa shape index (κ3) is 4.94. The van der Waals surface area contributed by atoms with E-state index in [1.165, 1.54) is 40.6 Å². The van der Waals surface area contributed by atoms with Crippen molar-refractivity contribution in [2.75, 3.05) is 24.2 Å². The van der Waals surface area contributed by atoms with Crippen molar-refractivity contribution in [3.8, 4) is 0 Å². The molecule has 25 heavy (non-hydrogen) atoms. The van der Waals surface area contributed by atoms with Crippen LogP contribution < -0.4 is 5.32 Å². The molecule has 0 spiro atoms. The van der Waals surface area contributed by atoms with Crippen LogP contribution in [0.25, 0.3) is 0 Å². The highest BCUT2D eigenvalue weighted by Gasteiger charge is 2.22. The van der Waals surface area contributed by atoms with Gasteiger partial charge in [0.1, 0.15) is 6.33 Å². The third-order valence-electron chi connectivity index (χ3n) is 3.29. The van der Waals surface area contributed by atoms with Gasteiger partial charge in [0.15, 0.2) is 5.16 Å². The Balaban J connectivity index is 2.14. The smallest absolute Gasteiger partial charge is 0.243 e. The Morgan fingerprint density at radius 2 is 2.08 bits per heavy atom. The van der Waals surface area contributed by atoms with Crippen LogP contribution in [-0.4, -0.2) is 52.7 Å². The van der Waals surface area contributed by atoms with E-state index in [0.717, 1.165) is 0 Å². The molecule has 0 saturated carbocycles. The molecule has 0 unspecified atom stereocenters. The fourth-order valence-electron chi connectivity index (χ4n) is 2.06. The highest BCUT2D eigenvalue weighted by Crippen LogP contribution is 2.27. The average molecular weight is 404 g/mol. The molecule has 136 valence electrons. The number of hydrogen-bond donors (Lipinski definition) is 2. The van der Waals surface area contributed by atoms with E-state index in [0.29, 0.717) is 18.2 Å². The van der Waals surface area contributed by atoms with Gasteiger partial charge in [-0.2, -0.15) is 9.40 Å². The molecule has 0 aliphatic rings. The summed E-state index contributed by atoms with van der Waals surface area (Å²) in [6, 6.07) is 4.25. The van der Waals surface area contributed by atoms with Gasteiger partial charge in [-0.25, -0.2) is 13.4 Å². The maximum Gasteiger partial charge on any atom is 0.243 e. The van der Waals surface area contributed by atoms with Gasteiger partial charge in [0.05, 0.1) is 21.4 Å². The number of rotatable bonds is 8. The number of nitrogens with one attached hydrogen (secondary N) is 2. The SMILES string of the molecule is CCN(CC)S(=O)(=O)c1ccc(Cl)c(NC(=O)CSc2ncn[nH]2)c1. The van der Waals surface area contributed by atoms with E-state index in [4.69, 9.17) is 11.6 Å². The summed E-state index contributed by atoms with van der Waals surface area (Å²) in [5.74, 6) is -0.251. The van der Waals surface area contributed by atoms with E-state index in [1.807, 2.05) is 0 Å². The summed E-state index contributed by atoms with van der Waals surface area (Å²) in [4.78, 5) is 16.0. The standard InChI is InChI=1S/C14H18ClN5O3S2/c1-3-20(4-2)25(22,23)10-5-6-11(15)12(7-10)18-13(21)8-24-14-16-9-17-19-14/h5-7,9H,3-4,8H2,1-2H3,(H,18,21)(H,16,17,19). The number of hydrogen-bond acceptors (Lipinski definition) is 6. The van der Waals surface area contributed by atoms with Crippen LogP contribution in [0.15, 0.2) is 34.6 Å². The number of carbonyl (C=O) groups excluding carboxylic acids is 1. The van der Waals surface area contributed by atoms with Crippen LogP contribution in [0.2, 0.25) is 5.02 Å². The fraction of sp³-hybridized carbons (Fsp3) is 0.357. The molecule has 0 atom stereocenters. The lowest BCUT2D eigenvalue weighted by Crippen LogP contribution is -2.30. The van der Waals surface area contributed by atoms with E-state index in [2.05, 4.69) is 20.5 Å². The Hall–Kier alpha value is -1.62. The molecular formula is C14H18ClN5O3S2. The van der Waals surface area contributed by atoms with Crippen LogP contribution >= 0.6 is 23.4 Å². The quantitative estimate of drug-likeness (QED) is 0.654. The number of sulfonamides is 1. The first-order valence-electron chi connectivity index (χ1n) is 7.46. The van der Waals surface area contributed by atoms with Crippen LogP contribution in [0.1, 0.15) is 13.8 Å².